The van der Waals surface area contributed by atoms with Crippen LogP contribution >= 0.6 is 0 Å². The normalized spacial score (nSPS) is 22.2. The molecule has 1 aromatic rings. The van der Waals surface area contributed by atoms with Crippen molar-refractivity contribution in [1.82, 2.24) is 4.90 Å². The smallest absolute Gasteiger partial charge is 0.250 e. The Kier molecular flexibility index (Phi) is 3.12. The largest absolute Gasteiger partial charge is 0.378 e. The Hall–Kier alpha value is -2.04. The van der Waals surface area contributed by atoms with Gasteiger partial charge in [-0.05, 0) is 31.0 Å². The van der Waals surface area contributed by atoms with Crippen molar-refractivity contribution in [2.24, 2.45) is 0 Å². The number of fused-ring (bicyclic) bond motifs is 1. The minimum absolute atomic E-state index is 0.0537. The predicted octanol–water partition coefficient (Wildman–Crippen LogP) is 1.09. The predicted molar refractivity (Wildman–Crippen MR) is 77.9 cm³/mol. The fourth-order valence-electron chi connectivity index (χ4n) is 2.96. The molecule has 1 unspecified atom stereocenters. The van der Waals surface area contributed by atoms with Crippen LogP contribution in [0.25, 0.3) is 0 Å². The number of amides is 2. The van der Waals surface area contributed by atoms with Gasteiger partial charge in [0.15, 0.2) is 0 Å². The Morgan fingerprint density at radius 3 is 2.80 bits per heavy atom. The van der Waals surface area contributed by atoms with Crippen LogP contribution in [0.2, 0.25) is 0 Å². The van der Waals surface area contributed by atoms with Crippen LogP contribution in [0.4, 0.5) is 11.4 Å². The maximum Gasteiger partial charge on any atom is 0.250 e. The Bertz CT molecular complexity index is 556. The summed E-state index contributed by atoms with van der Waals surface area (Å²) in [6.45, 7) is 0.882. The fraction of sp³-hybridized carbons (Fsp3) is 0.467. The first kappa shape index (κ1) is 13.0. The van der Waals surface area contributed by atoms with Crippen molar-refractivity contribution in [3.63, 3.8) is 0 Å². The number of benzene rings is 1. The first-order valence-electron chi connectivity index (χ1n) is 6.96. The molecule has 5 heteroatoms. The van der Waals surface area contributed by atoms with Gasteiger partial charge in [0.25, 0.3) is 0 Å². The maximum atomic E-state index is 12.6. The van der Waals surface area contributed by atoms with Crippen LogP contribution in [-0.4, -0.2) is 49.9 Å². The van der Waals surface area contributed by atoms with Crippen molar-refractivity contribution in [2.75, 3.05) is 37.0 Å². The zero-order chi connectivity index (χ0) is 14.3. The number of nitrogens with zero attached hydrogens (tertiary/aromatic N) is 3. The van der Waals surface area contributed by atoms with Crippen LogP contribution in [0.15, 0.2) is 24.3 Å². The van der Waals surface area contributed by atoms with Crippen molar-refractivity contribution < 1.29 is 9.59 Å². The fourth-order valence-corrected chi connectivity index (χ4v) is 2.96. The lowest BCUT2D eigenvalue weighted by atomic mass is 10.1. The molecule has 3 rings (SSSR count). The van der Waals surface area contributed by atoms with Crippen molar-refractivity contribution >= 4 is 23.2 Å². The van der Waals surface area contributed by atoms with E-state index in [1.807, 2.05) is 43.3 Å². The van der Waals surface area contributed by atoms with E-state index in [-0.39, 0.29) is 24.4 Å². The highest BCUT2D eigenvalue weighted by molar-refractivity contribution is 6.07. The van der Waals surface area contributed by atoms with Crippen LogP contribution in [-0.2, 0) is 9.59 Å². The van der Waals surface area contributed by atoms with E-state index in [1.165, 1.54) is 0 Å². The molecule has 0 N–H and O–H groups in total. The van der Waals surface area contributed by atoms with E-state index >= 15 is 0 Å². The van der Waals surface area contributed by atoms with Gasteiger partial charge >= 0.3 is 0 Å². The number of carbonyl (C=O) groups excluding carboxylic acids is 2. The van der Waals surface area contributed by atoms with Crippen LogP contribution in [0, 0.1) is 0 Å². The summed E-state index contributed by atoms with van der Waals surface area (Å²) in [4.78, 5) is 30.0. The molecule has 1 aromatic carbocycles. The van der Waals surface area contributed by atoms with E-state index in [0.717, 1.165) is 30.8 Å². The summed E-state index contributed by atoms with van der Waals surface area (Å²) < 4.78 is 0. The second kappa shape index (κ2) is 4.81. The molecule has 0 spiro atoms. The zero-order valence-electron chi connectivity index (χ0n) is 11.9. The number of piperazine rings is 1. The number of rotatable bonds is 2. The van der Waals surface area contributed by atoms with Crippen LogP contribution in [0.3, 0.4) is 0 Å². The summed E-state index contributed by atoms with van der Waals surface area (Å²) in [6, 6.07) is 7.50. The van der Waals surface area contributed by atoms with Gasteiger partial charge in [0, 0.05) is 32.0 Å². The molecule has 2 fully saturated rings. The molecule has 0 aliphatic carbocycles. The van der Waals surface area contributed by atoms with Gasteiger partial charge in [-0.2, -0.15) is 0 Å². The molecule has 0 aromatic heterocycles. The van der Waals surface area contributed by atoms with Gasteiger partial charge in [0.05, 0.1) is 0 Å². The first-order chi connectivity index (χ1) is 9.58. The number of hydrogen-bond donors (Lipinski definition) is 0. The van der Waals surface area contributed by atoms with Gasteiger partial charge in [-0.3, -0.25) is 9.59 Å². The van der Waals surface area contributed by atoms with Gasteiger partial charge in [-0.25, -0.2) is 0 Å². The first-order valence-corrected chi connectivity index (χ1v) is 6.96. The molecule has 2 saturated heterocycles. The minimum Gasteiger partial charge on any atom is -0.378 e. The van der Waals surface area contributed by atoms with Crippen molar-refractivity contribution in [3.05, 3.63) is 24.3 Å². The van der Waals surface area contributed by atoms with E-state index in [4.69, 9.17) is 0 Å². The lowest BCUT2D eigenvalue weighted by Crippen LogP contribution is -2.57. The molecular weight excluding hydrogens is 254 g/mol. The number of hydrogen-bond acceptors (Lipinski definition) is 3. The van der Waals surface area contributed by atoms with Crippen LogP contribution < -0.4 is 9.80 Å². The summed E-state index contributed by atoms with van der Waals surface area (Å²) >= 11 is 0. The third-order valence-corrected chi connectivity index (χ3v) is 4.08. The maximum absolute atomic E-state index is 12.6. The molecule has 2 heterocycles. The number of anilines is 2. The standard InChI is InChI=1S/C15H19N3O2/c1-16(2)11-5-3-6-12(9-11)18-10-14(19)17-8-4-7-13(17)15(18)20/h3,5-6,9,13H,4,7-8,10H2,1-2H3. The molecule has 0 radical (unpaired) electrons. The molecule has 1 atom stereocenters. The third kappa shape index (κ3) is 2.03. The van der Waals surface area contributed by atoms with Crippen molar-refractivity contribution in [1.29, 1.82) is 0 Å². The molecule has 0 saturated carbocycles. The molecule has 20 heavy (non-hydrogen) atoms. The molecule has 106 valence electrons. The van der Waals surface area contributed by atoms with Gasteiger partial charge in [-0.1, -0.05) is 6.07 Å². The van der Waals surface area contributed by atoms with Crippen LogP contribution in [0.5, 0.6) is 0 Å². The molecule has 2 aliphatic rings. The Balaban J connectivity index is 1.91. The summed E-state index contributed by atoms with van der Waals surface area (Å²) in [5.74, 6) is 0.111. The average Bonchev–Trinajstić information content (AvgIpc) is 2.93. The lowest BCUT2D eigenvalue weighted by molar-refractivity contribution is -0.140. The molecule has 2 amide bonds. The zero-order valence-corrected chi connectivity index (χ0v) is 11.9. The second-order valence-corrected chi connectivity index (χ2v) is 5.58. The highest BCUT2D eigenvalue weighted by atomic mass is 16.2. The van der Waals surface area contributed by atoms with E-state index < -0.39 is 0 Å². The van der Waals surface area contributed by atoms with E-state index in [2.05, 4.69) is 0 Å². The van der Waals surface area contributed by atoms with Crippen molar-refractivity contribution in [2.45, 2.75) is 18.9 Å². The van der Waals surface area contributed by atoms with E-state index in [1.54, 1.807) is 9.80 Å². The molecule has 2 aliphatic heterocycles. The SMILES string of the molecule is CN(C)c1cccc(N2CC(=O)N3CCCC3C2=O)c1. The monoisotopic (exact) mass is 273 g/mol. The van der Waals surface area contributed by atoms with Crippen LogP contribution in [0.1, 0.15) is 12.8 Å². The van der Waals surface area contributed by atoms with Gasteiger partial charge in [-0.15, -0.1) is 0 Å². The summed E-state index contributed by atoms with van der Waals surface area (Å²) in [5, 5.41) is 0. The van der Waals surface area contributed by atoms with Gasteiger partial charge in [0.1, 0.15) is 12.6 Å². The van der Waals surface area contributed by atoms with E-state index in [9.17, 15) is 9.59 Å². The van der Waals surface area contributed by atoms with Crippen molar-refractivity contribution in [3.8, 4) is 0 Å². The lowest BCUT2D eigenvalue weighted by Gasteiger charge is -2.36. The Morgan fingerprint density at radius 2 is 2.05 bits per heavy atom. The quantitative estimate of drug-likeness (QED) is 0.810. The topological polar surface area (TPSA) is 43.9 Å². The second-order valence-electron chi connectivity index (χ2n) is 5.58. The molecule has 0 bridgehead atoms. The minimum atomic E-state index is -0.251. The molecule has 5 nitrogen and oxygen atoms in total. The Labute approximate surface area is 118 Å². The Morgan fingerprint density at radius 1 is 1.25 bits per heavy atom. The van der Waals surface area contributed by atoms with Gasteiger partial charge < -0.3 is 14.7 Å². The summed E-state index contributed by atoms with van der Waals surface area (Å²) in [7, 11) is 3.92. The van der Waals surface area contributed by atoms with Gasteiger partial charge in [0.2, 0.25) is 11.8 Å². The third-order valence-electron chi connectivity index (χ3n) is 4.08. The number of carbonyl (C=O) groups is 2. The highest BCUT2D eigenvalue weighted by Crippen LogP contribution is 2.29. The molecular formula is C15H19N3O2. The van der Waals surface area contributed by atoms with E-state index in [0.29, 0.717) is 0 Å². The highest BCUT2D eigenvalue weighted by Gasteiger charge is 2.42. The average molecular weight is 273 g/mol. The summed E-state index contributed by atoms with van der Waals surface area (Å²) in [6.07, 6.45) is 1.71. The summed E-state index contributed by atoms with van der Waals surface area (Å²) in [5.41, 5.74) is 1.83.